The summed E-state index contributed by atoms with van der Waals surface area (Å²) < 4.78 is 5.50. The van der Waals surface area contributed by atoms with Crippen molar-refractivity contribution in [3.63, 3.8) is 0 Å². The first kappa shape index (κ1) is 12.9. The fraction of sp³-hybridized carbons (Fsp3) is 0.462. The molecule has 0 radical (unpaired) electrons. The second kappa shape index (κ2) is 5.78. The number of hydrogen-bond acceptors (Lipinski definition) is 3. The first-order chi connectivity index (χ1) is 7.54. The topological polar surface area (TPSA) is 21.6 Å². The maximum absolute atomic E-state index is 5.50. The van der Waals surface area contributed by atoms with Crippen LogP contribution in [-0.2, 0) is 5.41 Å². The molecular formula is C13H17NOS. The van der Waals surface area contributed by atoms with Gasteiger partial charge in [0.2, 0.25) is 0 Å². The quantitative estimate of drug-likeness (QED) is 0.453. The summed E-state index contributed by atoms with van der Waals surface area (Å²) in [7, 11) is 0. The van der Waals surface area contributed by atoms with Crippen LogP contribution in [0.15, 0.2) is 29.3 Å². The zero-order valence-corrected chi connectivity index (χ0v) is 10.8. The lowest BCUT2D eigenvalue weighted by molar-refractivity contribution is 0.329. The standard InChI is InChI=1S/C13H17NOS/c1-13(2,3)11-4-6-12(7-5-11)15-9-8-14-10-16/h4-7H,8-9H2,1-3H3. The Morgan fingerprint density at radius 1 is 1.25 bits per heavy atom. The summed E-state index contributed by atoms with van der Waals surface area (Å²) in [5.41, 5.74) is 1.48. The maximum Gasteiger partial charge on any atom is 0.119 e. The number of aliphatic imine (C=N–C) groups is 1. The summed E-state index contributed by atoms with van der Waals surface area (Å²) in [5, 5.41) is 2.31. The monoisotopic (exact) mass is 235 g/mol. The highest BCUT2D eigenvalue weighted by atomic mass is 32.1. The van der Waals surface area contributed by atoms with Crippen molar-refractivity contribution in [3.05, 3.63) is 29.8 Å². The third kappa shape index (κ3) is 4.13. The maximum atomic E-state index is 5.50. The molecule has 0 atom stereocenters. The van der Waals surface area contributed by atoms with Gasteiger partial charge in [-0.2, -0.15) is 0 Å². The number of rotatable bonds is 4. The van der Waals surface area contributed by atoms with E-state index in [0.29, 0.717) is 13.2 Å². The van der Waals surface area contributed by atoms with E-state index >= 15 is 0 Å². The molecule has 0 aromatic heterocycles. The van der Waals surface area contributed by atoms with Crippen LogP contribution < -0.4 is 4.74 Å². The molecule has 0 saturated carbocycles. The van der Waals surface area contributed by atoms with Crippen LogP contribution >= 0.6 is 12.2 Å². The van der Waals surface area contributed by atoms with E-state index in [0.717, 1.165) is 5.75 Å². The van der Waals surface area contributed by atoms with E-state index in [1.54, 1.807) is 0 Å². The Labute approximate surface area is 102 Å². The first-order valence-corrected chi connectivity index (χ1v) is 5.72. The van der Waals surface area contributed by atoms with Crippen molar-refractivity contribution in [2.45, 2.75) is 26.2 Å². The molecule has 86 valence electrons. The fourth-order valence-electron chi connectivity index (χ4n) is 1.31. The Morgan fingerprint density at radius 2 is 1.88 bits per heavy atom. The molecule has 16 heavy (non-hydrogen) atoms. The summed E-state index contributed by atoms with van der Waals surface area (Å²) in [4.78, 5) is 3.78. The number of benzene rings is 1. The van der Waals surface area contributed by atoms with Gasteiger partial charge in [0.15, 0.2) is 0 Å². The Hall–Kier alpha value is -1.18. The molecule has 0 amide bonds. The lowest BCUT2D eigenvalue weighted by Gasteiger charge is -2.19. The third-order valence-corrected chi connectivity index (χ3v) is 2.39. The zero-order chi connectivity index (χ0) is 12.0. The smallest absolute Gasteiger partial charge is 0.119 e. The minimum Gasteiger partial charge on any atom is -0.492 e. The second-order valence-electron chi connectivity index (χ2n) is 4.60. The predicted octanol–water partition coefficient (Wildman–Crippen LogP) is 3.47. The average Bonchev–Trinajstić information content (AvgIpc) is 2.24. The molecule has 0 N–H and O–H groups in total. The van der Waals surface area contributed by atoms with E-state index < -0.39 is 0 Å². The van der Waals surface area contributed by atoms with Gasteiger partial charge in [-0.25, -0.2) is 4.99 Å². The third-order valence-electron chi connectivity index (χ3n) is 2.26. The van der Waals surface area contributed by atoms with Crippen molar-refractivity contribution in [2.24, 2.45) is 4.99 Å². The van der Waals surface area contributed by atoms with Gasteiger partial charge in [-0.1, -0.05) is 32.9 Å². The lowest BCUT2D eigenvalue weighted by atomic mass is 9.87. The minimum absolute atomic E-state index is 0.181. The number of thiocarbonyl (C=S) groups is 1. The summed E-state index contributed by atoms with van der Waals surface area (Å²) in [5.74, 6) is 0.868. The molecule has 0 aliphatic carbocycles. The van der Waals surface area contributed by atoms with Gasteiger partial charge in [0.1, 0.15) is 12.4 Å². The number of hydrogen-bond donors (Lipinski definition) is 0. The van der Waals surface area contributed by atoms with Crippen molar-refractivity contribution < 1.29 is 4.74 Å². The van der Waals surface area contributed by atoms with E-state index in [4.69, 9.17) is 4.74 Å². The molecule has 0 saturated heterocycles. The van der Waals surface area contributed by atoms with E-state index in [-0.39, 0.29) is 5.41 Å². The highest BCUT2D eigenvalue weighted by Gasteiger charge is 2.12. The van der Waals surface area contributed by atoms with Crippen molar-refractivity contribution >= 4 is 17.4 Å². The molecule has 2 nitrogen and oxygen atoms in total. The SMILES string of the molecule is CC(C)(C)c1ccc(OCCN=C=S)cc1. The van der Waals surface area contributed by atoms with Gasteiger partial charge < -0.3 is 4.74 Å². The number of ether oxygens (including phenoxy) is 1. The highest BCUT2D eigenvalue weighted by molar-refractivity contribution is 7.78. The summed E-state index contributed by atoms with van der Waals surface area (Å²) >= 11 is 4.47. The van der Waals surface area contributed by atoms with Crippen LogP contribution in [0.25, 0.3) is 0 Å². The molecule has 1 rings (SSSR count). The van der Waals surface area contributed by atoms with Crippen molar-refractivity contribution in [1.29, 1.82) is 0 Å². The molecule has 3 heteroatoms. The van der Waals surface area contributed by atoms with Crippen LogP contribution in [-0.4, -0.2) is 18.3 Å². The van der Waals surface area contributed by atoms with Crippen LogP contribution in [0.3, 0.4) is 0 Å². The highest BCUT2D eigenvalue weighted by Crippen LogP contribution is 2.24. The molecular weight excluding hydrogens is 218 g/mol. The second-order valence-corrected chi connectivity index (χ2v) is 4.78. The molecule has 0 fully saturated rings. The molecule has 0 bridgehead atoms. The van der Waals surface area contributed by atoms with Crippen molar-refractivity contribution in [2.75, 3.05) is 13.2 Å². The Balaban J connectivity index is 2.55. The zero-order valence-electron chi connectivity index (χ0n) is 9.99. The predicted molar refractivity (Wildman–Crippen MR) is 70.5 cm³/mol. The van der Waals surface area contributed by atoms with Gasteiger partial charge in [-0.15, -0.1) is 0 Å². The van der Waals surface area contributed by atoms with Crippen LogP contribution in [0.4, 0.5) is 0 Å². The van der Waals surface area contributed by atoms with E-state index in [9.17, 15) is 0 Å². The molecule has 0 aliphatic rings. The average molecular weight is 235 g/mol. The van der Waals surface area contributed by atoms with Crippen LogP contribution in [0, 0.1) is 0 Å². The van der Waals surface area contributed by atoms with E-state index in [2.05, 4.69) is 55.3 Å². The summed E-state index contributed by atoms with van der Waals surface area (Å²) in [6.07, 6.45) is 0. The lowest BCUT2D eigenvalue weighted by Crippen LogP contribution is -2.10. The van der Waals surface area contributed by atoms with Gasteiger partial charge in [0.25, 0.3) is 0 Å². The van der Waals surface area contributed by atoms with E-state index in [1.807, 2.05) is 12.1 Å². The normalized spacial score (nSPS) is 10.7. The van der Waals surface area contributed by atoms with Crippen LogP contribution in [0.2, 0.25) is 0 Å². The van der Waals surface area contributed by atoms with Gasteiger partial charge in [-0.3, -0.25) is 0 Å². The Morgan fingerprint density at radius 3 is 2.38 bits per heavy atom. The first-order valence-electron chi connectivity index (χ1n) is 5.31. The van der Waals surface area contributed by atoms with E-state index in [1.165, 1.54) is 5.56 Å². The largest absolute Gasteiger partial charge is 0.492 e. The van der Waals surface area contributed by atoms with Crippen LogP contribution in [0.5, 0.6) is 5.75 Å². The number of isothiocyanates is 1. The Bertz CT molecular complexity index is 372. The molecule has 0 heterocycles. The van der Waals surface area contributed by atoms with Crippen LogP contribution in [0.1, 0.15) is 26.3 Å². The van der Waals surface area contributed by atoms with Gasteiger partial charge in [-0.05, 0) is 35.3 Å². The summed E-state index contributed by atoms with van der Waals surface area (Å²) in [6, 6.07) is 8.17. The molecule has 0 unspecified atom stereocenters. The van der Waals surface area contributed by atoms with Gasteiger partial charge >= 0.3 is 0 Å². The molecule has 1 aromatic carbocycles. The molecule has 0 aliphatic heterocycles. The number of nitrogens with zero attached hydrogens (tertiary/aromatic N) is 1. The summed E-state index contributed by atoms with van der Waals surface area (Å²) in [6.45, 7) is 7.67. The Kier molecular flexibility index (Phi) is 4.66. The van der Waals surface area contributed by atoms with Crippen molar-refractivity contribution in [1.82, 2.24) is 0 Å². The van der Waals surface area contributed by atoms with Gasteiger partial charge in [0.05, 0.1) is 11.7 Å². The fourth-order valence-corrected chi connectivity index (χ4v) is 1.40. The van der Waals surface area contributed by atoms with Crippen molar-refractivity contribution in [3.8, 4) is 5.75 Å². The minimum atomic E-state index is 0.181. The van der Waals surface area contributed by atoms with Gasteiger partial charge in [0, 0.05) is 0 Å². The molecule has 1 aromatic rings. The molecule has 0 spiro atoms.